The fraction of sp³-hybridized carbons (Fsp3) is 0.600. The largest absolute Gasteiger partial charge is 0.307 e. The van der Waals surface area contributed by atoms with Crippen LogP contribution in [-0.2, 0) is 6.54 Å². The van der Waals surface area contributed by atoms with Gasteiger partial charge in [0.1, 0.15) is 0 Å². The third-order valence-electron chi connectivity index (χ3n) is 2.89. The van der Waals surface area contributed by atoms with Gasteiger partial charge in [-0.15, -0.1) is 11.3 Å². The Labute approximate surface area is 98.4 Å². The molecule has 1 aliphatic rings. The lowest BCUT2D eigenvalue weighted by Crippen LogP contribution is -2.47. The van der Waals surface area contributed by atoms with Crippen molar-refractivity contribution >= 4 is 34.5 Å². The Bertz CT molecular complexity index is 331. The lowest BCUT2D eigenvalue weighted by molar-refractivity contribution is 0.207. The topological polar surface area (TPSA) is 12.0 Å². The Morgan fingerprint density at radius 1 is 1.50 bits per heavy atom. The predicted molar refractivity (Wildman–Crippen MR) is 63.4 cm³/mol. The van der Waals surface area contributed by atoms with E-state index in [0.29, 0.717) is 5.54 Å². The van der Waals surface area contributed by atoms with Crippen LogP contribution in [0.5, 0.6) is 0 Å². The van der Waals surface area contributed by atoms with Crippen LogP contribution >= 0.6 is 34.5 Å². The van der Waals surface area contributed by atoms with Crippen LogP contribution in [-0.4, -0.2) is 5.54 Å². The maximum atomic E-state index is 6.03. The standard InChI is InChI=1S/C10H13Cl2NS/c1-10(3-2-4-10)13-6-7-5-8(11)14-9(7)12/h5,13H,2-4,6H2,1H3. The van der Waals surface area contributed by atoms with Crippen molar-refractivity contribution in [2.24, 2.45) is 0 Å². The third-order valence-corrected chi connectivity index (χ3v) is 4.46. The smallest absolute Gasteiger partial charge is 0.0989 e. The predicted octanol–water partition coefficient (Wildman–Crippen LogP) is 4.09. The van der Waals surface area contributed by atoms with Crippen LogP contribution in [0.15, 0.2) is 6.07 Å². The van der Waals surface area contributed by atoms with E-state index in [-0.39, 0.29) is 0 Å². The molecule has 0 unspecified atom stereocenters. The molecule has 1 aromatic rings. The van der Waals surface area contributed by atoms with Crippen molar-refractivity contribution in [2.45, 2.75) is 38.3 Å². The zero-order valence-corrected chi connectivity index (χ0v) is 10.4. The summed E-state index contributed by atoms with van der Waals surface area (Å²) in [6, 6.07) is 1.95. The van der Waals surface area contributed by atoms with E-state index in [4.69, 9.17) is 23.2 Å². The molecule has 0 saturated heterocycles. The van der Waals surface area contributed by atoms with E-state index >= 15 is 0 Å². The van der Waals surface area contributed by atoms with Crippen molar-refractivity contribution in [1.82, 2.24) is 5.32 Å². The first-order chi connectivity index (χ1) is 6.59. The Balaban J connectivity index is 1.94. The van der Waals surface area contributed by atoms with Gasteiger partial charge in [0.2, 0.25) is 0 Å². The van der Waals surface area contributed by atoms with Crippen molar-refractivity contribution < 1.29 is 0 Å². The molecule has 0 aromatic carbocycles. The van der Waals surface area contributed by atoms with Crippen LogP contribution in [0.1, 0.15) is 31.7 Å². The van der Waals surface area contributed by atoms with E-state index in [2.05, 4.69) is 12.2 Å². The van der Waals surface area contributed by atoms with E-state index in [1.807, 2.05) is 6.07 Å². The minimum Gasteiger partial charge on any atom is -0.307 e. The summed E-state index contributed by atoms with van der Waals surface area (Å²) in [7, 11) is 0. The van der Waals surface area contributed by atoms with Gasteiger partial charge in [-0.05, 0) is 37.8 Å². The molecule has 2 rings (SSSR count). The molecule has 0 radical (unpaired) electrons. The van der Waals surface area contributed by atoms with Crippen LogP contribution in [0.25, 0.3) is 0 Å². The summed E-state index contributed by atoms with van der Waals surface area (Å²) in [6.45, 7) is 3.09. The maximum absolute atomic E-state index is 6.03. The highest BCUT2D eigenvalue weighted by molar-refractivity contribution is 7.20. The first-order valence-electron chi connectivity index (χ1n) is 4.78. The lowest BCUT2D eigenvalue weighted by Gasteiger charge is -2.39. The molecule has 1 aromatic heterocycles. The highest BCUT2D eigenvalue weighted by atomic mass is 35.5. The normalized spacial score (nSPS) is 19.4. The van der Waals surface area contributed by atoms with Crippen molar-refractivity contribution in [3.8, 4) is 0 Å². The number of thiophene rings is 1. The summed E-state index contributed by atoms with van der Waals surface area (Å²) in [4.78, 5) is 0. The minimum absolute atomic E-state index is 0.331. The van der Waals surface area contributed by atoms with Crippen LogP contribution in [0.4, 0.5) is 0 Å². The quantitative estimate of drug-likeness (QED) is 0.852. The minimum atomic E-state index is 0.331. The fourth-order valence-electron chi connectivity index (χ4n) is 1.69. The van der Waals surface area contributed by atoms with Crippen molar-refractivity contribution in [3.05, 3.63) is 20.3 Å². The first kappa shape index (κ1) is 10.7. The summed E-state index contributed by atoms with van der Waals surface area (Å²) in [5, 5.41) is 3.53. The van der Waals surface area contributed by atoms with Crippen LogP contribution in [0, 0.1) is 0 Å². The zero-order chi connectivity index (χ0) is 10.2. The summed E-state index contributed by atoms with van der Waals surface area (Å²) in [5.74, 6) is 0. The number of hydrogen-bond donors (Lipinski definition) is 1. The molecule has 0 amide bonds. The molecule has 1 nitrogen and oxygen atoms in total. The molecule has 14 heavy (non-hydrogen) atoms. The molecule has 1 fully saturated rings. The van der Waals surface area contributed by atoms with Gasteiger partial charge in [0.25, 0.3) is 0 Å². The van der Waals surface area contributed by atoms with Crippen LogP contribution < -0.4 is 5.32 Å². The van der Waals surface area contributed by atoms with Gasteiger partial charge in [-0.25, -0.2) is 0 Å². The van der Waals surface area contributed by atoms with Crippen LogP contribution in [0.3, 0.4) is 0 Å². The Hall–Kier alpha value is 0.240. The number of rotatable bonds is 3. The van der Waals surface area contributed by atoms with E-state index < -0.39 is 0 Å². The lowest BCUT2D eigenvalue weighted by atomic mass is 9.78. The van der Waals surface area contributed by atoms with E-state index in [9.17, 15) is 0 Å². The molecule has 0 aliphatic heterocycles. The molecule has 78 valence electrons. The summed E-state index contributed by atoms with van der Waals surface area (Å²) in [6.07, 6.45) is 3.87. The molecule has 0 spiro atoms. The van der Waals surface area contributed by atoms with E-state index in [1.54, 1.807) is 0 Å². The van der Waals surface area contributed by atoms with E-state index in [0.717, 1.165) is 20.8 Å². The second-order valence-corrected chi connectivity index (χ2v) is 6.40. The summed E-state index contributed by atoms with van der Waals surface area (Å²) >= 11 is 13.3. The summed E-state index contributed by atoms with van der Waals surface area (Å²) < 4.78 is 1.58. The Morgan fingerprint density at radius 3 is 2.64 bits per heavy atom. The molecule has 0 atom stereocenters. The van der Waals surface area contributed by atoms with Gasteiger partial charge in [0.05, 0.1) is 8.67 Å². The third kappa shape index (κ3) is 2.25. The first-order valence-corrected chi connectivity index (χ1v) is 6.35. The van der Waals surface area contributed by atoms with Crippen molar-refractivity contribution in [3.63, 3.8) is 0 Å². The summed E-state index contributed by atoms with van der Waals surface area (Å²) in [5.41, 5.74) is 1.45. The van der Waals surface area contributed by atoms with Crippen molar-refractivity contribution in [1.29, 1.82) is 0 Å². The zero-order valence-electron chi connectivity index (χ0n) is 8.07. The van der Waals surface area contributed by atoms with Crippen LogP contribution in [0.2, 0.25) is 8.67 Å². The molecule has 0 bridgehead atoms. The SMILES string of the molecule is CC1(NCc2cc(Cl)sc2Cl)CCC1. The highest BCUT2D eigenvalue weighted by Crippen LogP contribution is 2.34. The van der Waals surface area contributed by atoms with E-state index in [1.165, 1.54) is 30.6 Å². The van der Waals surface area contributed by atoms with Gasteiger partial charge in [-0.1, -0.05) is 23.2 Å². The Kier molecular flexibility index (Phi) is 3.08. The second kappa shape index (κ2) is 4.01. The van der Waals surface area contributed by atoms with Gasteiger partial charge >= 0.3 is 0 Å². The van der Waals surface area contributed by atoms with Gasteiger partial charge in [-0.3, -0.25) is 0 Å². The second-order valence-electron chi connectivity index (χ2n) is 4.12. The average Bonchev–Trinajstić information content (AvgIpc) is 2.38. The molecular weight excluding hydrogens is 237 g/mol. The Morgan fingerprint density at radius 2 is 2.21 bits per heavy atom. The monoisotopic (exact) mass is 249 g/mol. The number of nitrogens with one attached hydrogen (secondary N) is 1. The van der Waals surface area contributed by atoms with Gasteiger partial charge < -0.3 is 5.32 Å². The molecule has 1 heterocycles. The molecule has 1 saturated carbocycles. The van der Waals surface area contributed by atoms with Crippen molar-refractivity contribution in [2.75, 3.05) is 0 Å². The average molecular weight is 250 g/mol. The molecule has 1 N–H and O–H groups in total. The van der Waals surface area contributed by atoms with Gasteiger partial charge in [0.15, 0.2) is 0 Å². The molecule has 1 aliphatic carbocycles. The fourth-order valence-corrected chi connectivity index (χ4v) is 3.17. The molecule has 4 heteroatoms. The highest BCUT2D eigenvalue weighted by Gasteiger charge is 2.30. The maximum Gasteiger partial charge on any atom is 0.0989 e. The number of halogens is 2. The number of hydrogen-bond acceptors (Lipinski definition) is 2. The van der Waals surface area contributed by atoms with Gasteiger partial charge in [-0.2, -0.15) is 0 Å². The van der Waals surface area contributed by atoms with Gasteiger partial charge in [0, 0.05) is 12.1 Å². The molecular formula is C10H13Cl2NS.